The Labute approximate surface area is 103 Å². The van der Waals surface area contributed by atoms with Crippen LogP contribution < -0.4 is 0 Å². The van der Waals surface area contributed by atoms with E-state index in [1.165, 1.54) is 0 Å². The van der Waals surface area contributed by atoms with Crippen molar-refractivity contribution in [3.8, 4) is 0 Å². The molecule has 2 aliphatic carbocycles. The molecule has 3 heteroatoms. The van der Waals surface area contributed by atoms with Gasteiger partial charge in [0.25, 0.3) is 0 Å². The normalized spacial score (nSPS) is 43.6. The Morgan fingerprint density at radius 3 is 2.35 bits per heavy atom. The molecule has 3 atom stereocenters. The quantitative estimate of drug-likeness (QED) is 0.797. The summed E-state index contributed by atoms with van der Waals surface area (Å²) in [6.45, 7) is 6.66. The zero-order valence-corrected chi connectivity index (χ0v) is 11.1. The predicted octanol–water partition coefficient (Wildman–Crippen LogP) is 2.82. The monoisotopic (exact) mass is 240 g/mol. The summed E-state index contributed by atoms with van der Waals surface area (Å²) in [7, 11) is 0. The van der Waals surface area contributed by atoms with Gasteiger partial charge in [0.1, 0.15) is 0 Å². The summed E-state index contributed by atoms with van der Waals surface area (Å²) in [5, 5.41) is 19.0. The Morgan fingerprint density at radius 1 is 1.29 bits per heavy atom. The molecular formula is C14H24O3. The van der Waals surface area contributed by atoms with E-state index in [1.54, 1.807) is 0 Å². The largest absolute Gasteiger partial charge is 0.481 e. The second kappa shape index (κ2) is 3.71. The van der Waals surface area contributed by atoms with Crippen LogP contribution in [0.3, 0.4) is 0 Å². The van der Waals surface area contributed by atoms with Gasteiger partial charge in [-0.2, -0.15) is 0 Å². The van der Waals surface area contributed by atoms with Crippen LogP contribution in [0.25, 0.3) is 0 Å². The van der Waals surface area contributed by atoms with E-state index in [-0.39, 0.29) is 28.8 Å². The first-order valence-corrected chi connectivity index (χ1v) is 6.65. The van der Waals surface area contributed by atoms with Crippen molar-refractivity contribution < 1.29 is 15.0 Å². The molecular weight excluding hydrogens is 216 g/mol. The molecule has 0 heterocycles. The Hall–Kier alpha value is -0.570. The van der Waals surface area contributed by atoms with E-state index in [0.29, 0.717) is 6.42 Å². The van der Waals surface area contributed by atoms with Crippen molar-refractivity contribution in [1.82, 2.24) is 0 Å². The van der Waals surface area contributed by atoms with Gasteiger partial charge < -0.3 is 10.2 Å². The lowest BCUT2D eigenvalue weighted by molar-refractivity contribution is -0.139. The van der Waals surface area contributed by atoms with Crippen molar-refractivity contribution in [2.24, 2.45) is 16.2 Å². The highest BCUT2D eigenvalue weighted by Crippen LogP contribution is 2.74. The zero-order valence-electron chi connectivity index (χ0n) is 11.1. The van der Waals surface area contributed by atoms with Crippen molar-refractivity contribution in [2.45, 2.75) is 65.4 Å². The van der Waals surface area contributed by atoms with Gasteiger partial charge in [0, 0.05) is 11.8 Å². The van der Waals surface area contributed by atoms with Gasteiger partial charge in [-0.1, -0.05) is 27.2 Å². The minimum Gasteiger partial charge on any atom is -0.481 e. The molecule has 3 unspecified atom stereocenters. The van der Waals surface area contributed by atoms with Crippen molar-refractivity contribution in [1.29, 1.82) is 0 Å². The number of aliphatic hydroxyl groups excluding tert-OH is 1. The third-order valence-electron chi connectivity index (χ3n) is 5.63. The molecule has 2 aliphatic rings. The van der Waals surface area contributed by atoms with Gasteiger partial charge in [-0.25, -0.2) is 0 Å². The highest BCUT2D eigenvalue weighted by atomic mass is 16.4. The molecule has 0 aromatic carbocycles. The Morgan fingerprint density at radius 2 is 1.88 bits per heavy atom. The van der Waals surface area contributed by atoms with E-state index in [4.69, 9.17) is 5.11 Å². The standard InChI is InChI=1S/C14H24O3/c1-12(2)6-4-7-13(3,8-5-11(16)17)14(12)9-10(14)15/h10,15H,4-9H2,1-3H3,(H,16,17). The van der Waals surface area contributed by atoms with Crippen LogP contribution in [0.5, 0.6) is 0 Å². The highest BCUT2D eigenvalue weighted by molar-refractivity contribution is 5.66. The van der Waals surface area contributed by atoms with E-state index in [1.807, 2.05) is 0 Å². The van der Waals surface area contributed by atoms with Crippen molar-refractivity contribution in [3.63, 3.8) is 0 Å². The lowest BCUT2D eigenvalue weighted by Gasteiger charge is -2.52. The molecule has 2 fully saturated rings. The van der Waals surface area contributed by atoms with Crippen LogP contribution in [-0.4, -0.2) is 22.3 Å². The first kappa shape index (κ1) is 12.9. The summed E-state index contributed by atoms with van der Waals surface area (Å²) in [5.74, 6) is -0.722. The van der Waals surface area contributed by atoms with Gasteiger partial charge in [-0.3, -0.25) is 4.79 Å². The highest BCUT2D eigenvalue weighted by Gasteiger charge is 2.71. The van der Waals surface area contributed by atoms with Crippen molar-refractivity contribution in [2.75, 3.05) is 0 Å². The maximum absolute atomic E-state index is 10.8. The molecule has 2 N–H and O–H groups in total. The molecule has 17 heavy (non-hydrogen) atoms. The summed E-state index contributed by atoms with van der Waals surface area (Å²) in [6, 6.07) is 0. The fourth-order valence-corrected chi connectivity index (χ4v) is 4.54. The average Bonchev–Trinajstić information content (AvgIpc) is 2.87. The molecule has 0 saturated heterocycles. The van der Waals surface area contributed by atoms with Gasteiger partial charge in [-0.15, -0.1) is 0 Å². The second-order valence-electron chi connectivity index (χ2n) is 6.88. The molecule has 0 aliphatic heterocycles. The Bertz CT molecular complexity index is 336. The molecule has 1 spiro atoms. The molecule has 0 aromatic rings. The topological polar surface area (TPSA) is 57.5 Å². The predicted molar refractivity (Wildman–Crippen MR) is 65.7 cm³/mol. The number of rotatable bonds is 3. The average molecular weight is 240 g/mol. The zero-order chi connectivity index (χ0) is 12.9. The molecule has 0 radical (unpaired) electrons. The van der Waals surface area contributed by atoms with Crippen LogP contribution >= 0.6 is 0 Å². The summed E-state index contributed by atoms with van der Waals surface area (Å²) in [5.41, 5.74) is 0.0954. The van der Waals surface area contributed by atoms with Gasteiger partial charge in [-0.05, 0) is 36.5 Å². The Kier molecular flexibility index (Phi) is 2.81. The van der Waals surface area contributed by atoms with E-state index in [0.717, 1.165) is 25.7 Å². The molecule has 0 amide bonds. The number of carboxylic acids is 1. The van der Waals surface area contributed by atoms with Gasteiger partial charge >= 0.3 is 5.97 Å². The number of aliphatic carboxylic acids is 1. The third kappa shape index (κ3) is 1.70. The SMILES string of the molecule is CC1(C)CCCC(C)(CCC(=O)O)C12CC2O. The number of hydrogen-bond donors (Lipinski definition) is 2. The summed E-state index contributed by atoms with van der Waals surface area (Å²) in [4.78, 5) is 10.8. The summed E-state index contributed by atoms with van der Waals surface area (Å²) >= 11 is 0. The van der Waals surface area contributed by atoms with Crippen LogP contribution in [0.4, 0.5) is 0 Å². The fraction of sp³-hybridized carbons (Fsp3) is 0.929. The smallest absolute Gasteiger partial charge is 0.303 e. The second-order valence-corrected chi connectivity index (χ2v) is 6.88. The van der Waals surface area contributed by atoms with Crippen molar-refractivity contribution >= 4 is 5.97 Å². The Balaban J connectivity index is 2.23. The number of carbonyl (C=O) groups is 1. The molecule has 98 valence electrons. The third-order valence-corrected chi connectivity index (χ3v) is 5.63. The van der Waals surface area contributed by atoms with E-state index >= 15 is 0 Å². The van der Waals surface area contributed by atoms with Gasteiger partial charge in [0.15, 0.2) is 0 Å². The van der Waals surface area contributed by atoms with Gasteiger partial charge in [0.2, 0.25) is 0 Å². The lowest BCUT2D eigenvalue weighted by atomic mass is 9.52. The first-order valence-electron chi connectivity index (χ1n) is 6.65. The number of hydrogen-bond acceptors (Lipinski definition) is 2. The van der Waals surface area contributed by atoms with E-state index in [9.17, 15) is 9.90 Å². The molecule has 2 rings (SSSR count). The molecule has 0 bridgehead atoms. The maximum Gasteiger partial charge on any atom is 0.303 e. The van der Waals surface area contributed by atoms with Crippen LogP contribution in [0.1, 0.15) is 59.3 Å². The lowest BCUT2D eigenvalue weighted by Crippen LogP contribution is -2.46. The number of aliphatic hydroxyl groups is 1. The molecule has 0 aromatic heterocycles. The van der Waals surface area contributed by atoms with Crippen molar-refractivity contribution in [3.05, 3.63) is 0 Å². The minimum absolute atomic E-state index is 0.00738. The van der Waals surface area contributed by atoms with Crippen LogP contribution in [0.15, 0.2) is 0 Å². The van der Waals surface area contributed by atoms with Crippen LogP contribution in [0.2, 0.25) is 0 Å². The molecule has 3 nitrogen and oxygen atoms in total. The van der Waals surface area contributed by atoms with Gasteiger partial charge in [0.05, 0.1) is 6.10 Å². The van der Waals surface area contributed by atoms with E-state index < -0.39 is 5.97 Å². The molecule has 2 saturated carbocycles. The maximum atomic E-state index is 10.8. The van der Waals surface area contributed by atoms with Crippen LogP contribution in [0, 0.1) is 16.2 Å². The summed E-state index contributed by atoms with van der Waals surface area (Å²) < 4.78 is 0. The summed E-state index contributed by atoms with van der Waals surface area (Å²) in [6.07, 6.45) is 4.90. The van der Waals surface area contributed by atoms with E-state index in [2.05, 4.69) is 20.8 Å². The van der Waals surface area contributed by atoms with Crippen LogP contribution in [-0.2, 0) is 4.79 Å². The first-order chi connectivity index (χ1) is 7.75. The fourth-order valence-electron chi connectivity index (χ4n) is 4.54. The number of carboxylic acid groups (broad SMARTS) is 1. The minimum atomic E-state index is -0.722.